The third-order valence-corrected chi connectivity index (χ3v) is 4.69. The summed E-state index contributed by atoms with van der Waals surface area (Å²) in [7, 11) is 0. The Morgan fingerprint density at radius 3 is 2.58 bits per heavy atom. The number of amides is 1. The molecular weight excluding hydrogens is 369 g/mol. The Morgan fingerprint density at radius 2 is 1.92 bits per heavy atom. The molecule has 0 bridgehead atoms. The van der Waals surface area contributed by atoms with Gasteiger partial charge in [0.1, 0.15) is 0 Å². The highest BCUT2D eigenvalue weighted by atomic mass is 32.2. The van der Waals surface area contributed by atoms with Crippen molar-refractivity contribution in [2.24, 2.45) is 0 Å². The summed E-state index contributed by atoms with van der Waals surface area (Å²) in [5, 5.41) is 13.0. The van der Waals surface area contributed by atoms with Crippen LogP contribution in [-0.2, 0) is 11.0 Å². The number of thioether (sulfide) groups is 1. The van der Waals surface area contributed by atoms with Gasteiger partial charge in [-0.1, -0.05) is 18.2 Å². The third-order valence-electron chi connectivity index (χ3n) is 3.49. The first kappa shape index (κ1) is 19.8. The predicted molar refractivity (Wildman–Crippen MR) is 94.0 cm³/mol. The van der Waals surface area contributed by atoms with E-state index in [2.05, 4.69) is 5.32 Å². The number of nitro groups is 1. The number of anilines is 1. The molecule has 0 radical (unpaired) electrons. The summed E-state index contributed by atoms with van der Waals surface area (Å²) in [5.41, 5.74) is -0.124. The molecule has 26 heavy (non-hydrogen) atoms. The lowest BCUT2D eigenvalue weighted by Crippen LogP contribution is -2.15. The largest absolute Gasteiger partial charge is 0.416 e. The second-order valence-corrected chi connectivity index (χ2v) is 6.76. The highest BCUT2D eigenvalue weighted by Gasteiger charge is 2.30. The van der Waals surface area contributed by atoms with Crippen LogP contribution in [0.2, 0.25) is 0 Å². The fourth-order valence-corrected chi connectivity index (χ4v) is 2.97. The SMILES string of the molecule is C[C@@H](SCC(=O)Nc1cccc(C(F)(F)F)c1)c1cccc([N+](=O)[O-])c1. The minimum atomic E-state index is -4.48. The molecule has 0 fully saturated rings. The number of alkyl halides is 3. The van der Waals surface area contributed by atoms with E-state index in [-0.39, 0.29) is 22.4 Å². The van der Waals surface area contributed by atoms with Gasteiger partial charge in [0.2, 0.25) is 5.91 Å². The first-order valence-corrected chi connectivity index (χ1v) is 8.55. The van der Waals surface area contributed by atoms with Crippen molar-refractivity contribution in [3.8, 4) is 0 Å². The Kier molecular flexibility index (Phi) is 6.25. The van der Waals surface area contributed by atoms with Gasteiger partial charge in [-0.25, -0.2) is 0 Å². The molecule has 0 aromatic heterocycles. The van der Waals surface area contributed by atoms with Gasteiger partial charge in [0.05, 0.1) is 16.2 Å². The highest BCUT2D eigenvalue weighted by Crippen LogP contribution is 2.32. The van der Waals surface area contributed by atoms with Crippen LogP contribution in [0.25, 0.3) is 0 Å². The first-order chi connectivity index (χ1) is 12.2. The fraction of sp³-hybridized carbons (Fsp3) is 0.235. The molecule has 5 nitrogen and oxygen atoms in total. The molecule has 0 aliphatic heterocycles. The van der Waals surface area contributed by atoms with E-state index in [1.165, 1.54) is 36.0 Å². The van der Waals surface area contributed by atoms with Gasteiger partial charge in [-0.3, -0.25) is 14.9 Å². The van der Waals surface area contributed by atoms with Gasteiger partial charge in [0.25, 0.3) is 5.69 Å². The summed E-state index contributed by atoms with van der Waals surface area (Å²) in [6, 6.07) is 10.5. The normalized spacial score (nSPS) is 12.5. The lowest BCUT2D eigenvalue weighted by atomic mass is 10.1. The molecule has 0 aliphatic carbocycles. The van der Waals surface area contributed by atoms with E-state index in [0.29, 0.717) is 5.56 Å². The minimum Gasteiger partial charge on any atom is -0.325 e. The molecule has 2 aromatic carbocycles. The number of hydrogen-bond donors (Lipinski definition) is 1. The van der Waals surface area contributed by atoms with Crippen molar-refractivity contribution in [1.29, 1.82) is 0 Å². The van der Waals surface area contributed by atoms with Crippen LogP contribution in [0.1, 0.15) is 23.3 Å². The molecule has 0 heterocycles. The summed E-state index contributed by atoms with van der Waals surface area (Å²) in [6.07, 6.45) is -4.48. The summed E-state index contributed by atoms with van der Waals surface area (Å²) in [5.74, 6) is -0.452. The Labute approximate surface area is 151 Å². The van der Waals surface area contributed by atoms with Gasteiger partial charge < -0.3 is 5.32 Å². The summed E-state index contributed by atoms with van der Waals surface area (Å²) in [4.78, 5) is 22.3. The number of rotatable bonds is 6. The molecule has 0 saturated carbocycles. The third kappa shape index (κ3) is 5.48. The van der Waals surface area contributed by atoms with Crippen LogP contribution in [0.3, 0.4) is 0 Å². The van der Waals surface area contributed by atoms with Crippen LogP contribution in [0.15, 0.2) is 48.5 Å². The second-order valence-electron chi connectivity index (χ2n) is 5.43. The lowest BCUT2D eigenvalue weighted by Gasteiger charge is -2.12. The Bertz CT molecular complexity index is 812. The van der Waals surface area contributed by atoms with Gasteiger partial charge >= 0.3 is 6.18 Å². The van der Waals surface area contributed by atoms with E-state index < -0.39 is 22.6 Å². The lowest BCUT2D eigenvalue weighted by molar-refractivity contribution is -0.384. The quantitative estimate of drug-likeness (QED) is 0.559. The van der Waals surface area contributed by atoms with Crippen LogP contribution in [-0.4, -0.2) is 16.6 Å². The number of nitro benzene ring substituents is 1. The number of halogens is 3. The van der Waals surface area contributed by atoms with E-state index >= 15 is 0 Å². The molecule has 2 rings (SSSR count). The van der Waals surface area contributed by atoms with Crippen LogP contribution < -0.4 is 5.32 Å². The van der Waals surface area contributed by atoms with E-state index in [1.807, 2.05) is 0 Å². The molecule has 138 valence electrons. The van der Waals surface area contributed by atoms with Gasteiger partial charge in [0.15, 0.2) is 0 Å². The van der Waals surface area contributed by atoms with Crippen molar-refractivity contribution in [2.75, 3.05) is 11.1 Å². The minimum absolute atomic E-state index is 0.000103. The zero-order valence-corrected chi connectivity index (χ0v) is 14.4. The van der Waals surface area contributed by atoms with Crippen LogP contribution in [0.5, 0.6) is 0 Å². The number of nitrogens with one attached hydrogen (secondary N) is 1. The van der Waals surface area contributed by atoms with Gasteiger partial charge in [-0.15, -0.1) is 11.8 Å². The number of nitrogens with zero attached hydrogens (tertiary/aromatic N) is 1. The molecule has 1 amide bonds. The average Bonchev–Trinajstić information content (AvgIpc) is 2.59. The monoisotopic (exact) mass is 384 g/mol. The molecule has 0 unspecified atom stereocenters. The fourth-order valence-electron chi connectivity index (χ4n) is 2.16. The van der Waals surface area contributed by atoms with Gasteiger partial charge in [-0.2, -0.15) is 13.2 Å². The zero-order chi connectivity index (χ0) is 19.3. The number of non-ortho nitro benzene ring substituents is 1. The smallest absolute Gasteiger partial charge is 0.325 e. The standard InChI is InChI=1S/C17H15F3N2O3S/c1-11(12-4-2-7-15(8-12)22(24)25)26-10-16(23)21-14-6-3-5-13(9-14)17(18,19)20/h2-9,11H,10H2,1H3,(H,21,23)/t11-/m1/s1. The molecule has 0 saturated heterocycles. The molecule has 1 N–H and O–H groups in total. The van der Waals surface area contributed by atoms with Crippen molar-refractivity contribution in [3.63, 3.8) is 0 Å². The van der Waals surface area contributed by atoms with E-state index in [0.717, 1.165) is 12.1 Å². The molecule has 0 spiro atoms. The summed E-state index contributed by atoms with van der Waals surface area (Å²) in [6.45, 7) is 1.79. The predicted octanol–water partition coefficient (Wildman–Crippen LogP) is 5.05. The van der Waals surface area contributed by atoms with E-state index in [1.54, 1.807) is 19.1 Å². The maximum atomic E-state index is 12.7. The second kappa shape index (κ2) is 8.22. The Balaban J connectivity index is 1.94. The first-order valence-electron chi connectivity index (χ1n) is 7.50. The maximum absolute atomic E-state index is 12.7. The van der Waals surface area contributed by atoms with Crippen molar-refractivity contribution in [2.45, 2.75) is 18.3 Å². The summed E-state index contributed by atoms with van der Waals surface area (Å²) < 4.78 is 38.0. The van der Waals surface area contributed by atoms with Crippen LogP contribution in [0, 0.1) is 10.1 Å². The molecular formula is C17H15F3N2O3S. The molecule has 2 aromatic rings. The molecule has 1 atom stereocenters. The maximum Gasteiger partial charge on any atom is 0.416 e. The van der Waals surface area contributed by atoms with Crippen LogP contribution >= 0.6 is 11.8 Å². The summed E-state index contributed by atoms with van der Waals surface area (Å²) >= 11 is 1.23. The Morgan fingerprint density at radius 1 is 1.23 bits per heavy atom. The van der Waals surface area contributed by atoms with Crippen molar-refractivity contribution in [1.82, 2.24) is 0 Å². The van der Waals surface area contributed by atoms with Gasteiger partial charge in [-0.05, 0) is 30.7 Å². The zero-order valence-electron chi connectivity index (χ0n) is 13.6. The van der Waals surface area contributed by atoms with Crippen LogP contribution in [0.4, 0.5) is 24.5 Å². The van der Waals surface area contributed by atoms with Gasteiger partial charge in [0, 0.05) is 23.1 Å². The number of benzene rings is 2. The topological polar surface area (TPSA) is 72.2 Å². The Hall–Kier alpha value is -2.55. The molecule has 0 aliphatic rings. The van der Waals surface area contributed by atoms with Crippen molar-refractivity contribution in [3.05, 3.63) is 69.8 Å². The number of carbonyl (C=O) groups is 1. The number of hydrogen-bond acceptors (Lipinski definition) is 4. The number of carbonyl (C=O) groups excluding carboxylic acids is 1. The van der Waals surface area contributed by atoms with E-state index in [4.69, 9.17) is 0 Å². The average molecular weight is 384 g/mol. The highest BCUT2D eigenvalue weighted by molar-refractivity contribution is 8.00. The van der Waals surface area contributed by atoms with Crippen molar-refractivity contribution < 1.29 is 22.9 Å². The molecule has 9 heteroatoms. The van der Waals surface area contributed by atoms with E-state index in [9.17, 15) is 28.1 Å². The van der Waals surface area contributed by atoms with Crippen molar-refractivity contribution >= 4 is 29.0 Å².